The predicted octanol–water partition coefficient (Wildman–Crippen LogP) is 0.696. The number of hydrogen-bond donors (Lipinski definition) is 1. The Hall–Kier alpha value is -1.36. The second-order valence-corrected chi connectivity index (χ2v) is 3.18. The molecule has 1 heterocycles. The van der Waals surface area contributed by atoms with E-state index in [0.717, 1.165) is 0 Å². The highest BCUT2D eigenvalue weighted by Crippen LogP contribution is 2.11. The van der Waals surface area contributed by atoms with E-state index in [9.17, 15) is 4.79 Å². The monoisotopic (exact) mass is 198 g/mol. The lowest BCUT2D eigenvalue weighted by Gasteiger charge is -2.10. The minimum Gasteiger partial charge on any atom is -0.478 e. The molecule has 0 amide bonds. The Morgan fingerprint density at radius 3 is 2.93 bits per heavy atom. The van der Waals surface area contributed by atoms with Crippen molar-refractivity contribution in [3.63, 3.8) is 0 Å². The zero-order valence-electron chi connectivity index (χ0n) is 8.52. The van der Waals surface area contributed by atoms with Crippen molar-refractivity contribution in [3.8, 4) is 0 Å². The predicted molar refractivity (Wildman–Crippen MR) is 50.3 cm³/mol. The summed E-state index contributed by atoms with van der Waals surface area (Å²) in [4.78, 5) is 10.8. The maximum absolute atomic E-state index is 10.8. The van der Waals surface area contributed by atoms with Gasteiger partial charge < -0.3 is 9.84 Å². The highest BCUT2D eigenvalue weighted by molar-refractivity contribution is 5.88. The maximum atomic E-state index is 10.8. The van der Waals surface area contributed by atoms with Crippen LogP contribution in [0.2, 0.25) is 0 Å². The van der Waals surface area contributed by atoms with E-state index < -0.39 is 5.97 Å². The largest absolute Gasteiger partial charge is 0.478 e. The summed E-state index contributed by atoms with van der Waals surface area (Å²) in [7, 11) is 3.33. The van der Waals surface area contributed by atoms with Gasteiger partial charge in [-0.2, -0.15) is 5.10 Å². The standard InChI is InChI=1S/C9H14N2O3/c1-6(14-3)4-8-7(9(12)13)5-10-11(8)2/h5-6H,4H2,1-3H3,(H,12,13). The molecule has 0 radical (unpaired) electrons. The van der Waals surface area contributed by atoms with Crippen LogP contribution in [0.4, 0.5) is 0 Å². The van der Waals surface area contributed by atoms with Crippen LogP contribution in [0.3, 0.4) is 0 Å². The molecule has 0 fully saturated rings. The van der Waals surface area contributed by atoms with Crippen LogP contribution in [-0.2, 0) is 18.2 Å². The molecule has 0 bridgehead atoms. The molecule has 0 spiro atoms. The van der Waals surface area contributed by atoms with Crippen molar-refractivity contribution < 1.29 is 14.6 Å². The van der Waals surface area contributed by atoms with Gasteiger partial charge in [0.05, 0.1) is 18.0 Å². The first-order chi connectivity index (χ1) is 6.56. The van der Waals surface area contributed by atoms with Crippen LogP contribution in [0.25, 0.3) is 0 Å². The van der Waals surface area contributed by atoms with E-state index in [0.29, 0.717) is 12.1 Å². The fourth-order valence-electron chi connectivity index (χ4n) is 1.24. The van der Waals surface area contributed by atoms with Gasteiger partial charge in [0.15, 0.2) is 0 Å². The fourth-order valence-corrected chi connectivity index (χ4v) is 1.24. The van der Waals surface area contributed by atoms with E-state index in [2.05, 4.69) is 5.10 Å². The Kier molecular flexibility index (Phi) is 3.24. The third-order valence-electron chi connectivity index (χ3n) is 2.18. The van der Waals surface area contributed by atoms with Crippen molar-refractivity contribution in [2.45, 2.75) is 19.4 Å². The molecule has 0 saturated carbocycles. The first kappa shape index (κ1) is 10.7. The van der Waals surface area contributed by atoms with Crippen LogP contribution in [-0.4, -0.2) is 34.1 Å². The highest BCUT2D eigenvalue weighted by atomic mass is 16.5. The van der Waals surface area contributed by atoms with Crippen LogP contribution in [0, 0.1) is 0 Å². The van der Waals surface area contributed by atoms with Gasteiger partial charge in [-0.15, -0.1) is 0 Å². The first-order valence-electron chi connectivity index (χ1n) is 4.33. The molecule has 1 atom stereocenters. The molecular formula is C9H14N2O3. The van der Waals surface area contributed by atoms with E-state index in [-0.39, 0.29) is 11.7 Å². The van der Waals surface area contributed by atoms with Gasteiger partial charge >= 0.3 is 5.97 Å². The minimum atomic E-state index is -0.948. The molecular weight excluding hydrogens is 184 g/mol. The summed E-state index contributed by atoms with van der Waals surface area (Å²) in [6.07, 6.45) is 1.90. The van der Waals surface area contributed by atoms with Crippen LogP contribution in [0.1, 0.15) is 23.0 Å². The summed E-state index contributed by atoms with van der Waals surface area (Å²) in [6, 6.07) is 0. The van der Waals surface area contributed by atoms with Gasteiger partial charge in [-0.25, -0.2) is 4.79 Å². The van der Waals surface area contributed by atoms with Crippen LogP contribution in [0.15, 0.2) is 6.20 Å². The highest BCUT2D eigenvalue weighted by Gasteiger charge is 2.16. The quantitative estimate of drug-likeness (QED) is 0.773. The van der Waals surface area contributed by atoms with Crippen LogP contribution < -0.4 is 0 Å². The summed E-state index contributed by atoms with van der Waals surface area (Å²) in [5, 5.41) is 12.8. The number of carbonyl (C=O) groups is 1. The van der Waals surface area contributed by atoms with Crippen molar-refractivity contribution in [1.82, 2.24) is 9.78 Å². The van der Waals surface area contributed by atoms with Crippen molar-refractivity contribution in [2.75, 3.05) is 7.11 Å². The number of aromatic carboxylic acids is 1. The van der Waals surface area contributed by atoms with Gasteiger partial charge in [0.1, 0.15) is 5.56 Å². The molecule has 5 heteroatoms. The Morgan fingerprint density at radius 1 is 1.79 bits per heavy atom. The maximum Gasteiger partial charge on any atom is 0.339 e. The number of hydrogen-bond acceptors (Lipinski definition) is 3. The van der Waals surface area contributed by atoms with E-state index in [1.807, 2.05) is 6.92 Å². The van der Waals surface area contributed by atoms with Crippen molar-refractivity contribution in [3.05, 3.63) is 17.5 Å². The molecule has 0 aliphatic heterocycles. The average molecular weight is 198 g/mol. The van der Waals surface area contributed by atoms with Crippen LogP contribution >= 0.6 is 0 Å². The molecule has 1 rings (SSSR count). The second kappa shape index (κ2) is 4.23. The third kappa shape index (κ3) is 2.11. The molecule has 5 nitrogen and oxygen atoms in total. The van der Waals surface area contributed by atoms with E-state index in [1.54, 1.807) is 18.8 Å². The number of carboxylic acid groups (broad SMARTS) is 1. The van der Waals surface area contributed by atoms with Gasteiger partial charge in [0.25, 0.3) is 0 Å². The molecule has 0 aliphatic rings. The van der Waals surface area contributed by atoms with Gasteiger partial charge in [-0.3, -0.25) is 4.68 Å². The molecule has 1 unspecified atom stereocenters. The molecule has 14 heavy (non-hydrogen) atoms. The van der Waals surface area contributed by atoms with Gasteiger partial charge in [0.2, 0.25) is 0 Å². The summed E-state index contributed by atoms with van der Waals surface area (Å²) in [5.74, 6) is -0.948. The summed E-state index contributed by atoms with van der Waals surface area (Å²) >= 11 is 0. The summed E-state index contributed by atoms with van der Waals surface area (Å²) in [5.41, 5.74) is 0.934. The Morgan fingerprint density at radius 2 is 2.43 bits per heavy atom. The number of methoxy groups -OCH3 is 1. The lowest BCUT2D eigenvalue weighted by atomic mass is 10.1. The summed E-state index contributed by atoms with van der Waals surface area (Å²) in [6.45, 7) is 1.89. The molecule has 0 saturated heterocycles. The number of carboxylic acids is 1. The van der Waals surface area contributed by atoms with Crippen molar-refractivity contribution in [2.24, 2.45) is 7.05 Å². The number of nitrogens with zero attached hydrogens (tertiary/aromatic N) is 2. The zero-order chi connectivity index (χ0) is 10.7. The normalized spacial score (nSPS) is 12.8. The van der Waals surface area contributed by atoms with Crippen molar-refractivity contribution in [1.29, 1.82) is 0 Å². The SMILES string of the molecule is COC(C)Cc1c(C(=O)O)cnn1C. The van der Waals surface area contributed by atoms with E-state index in [4.69, 9.17) is 9.84 Å². The first-order valence-corrected chi connectivity index (χ1v) is 4.33. The smallest absolute Gasteiger partial charge is 0.339 e. The van der Waals surface area contributed by atoms with E-state index in [1.165, 1.54) is 6.20 Å². The van der Waals surface area contributed by atoms with Crippen LogP contribution in [0.5, 0.6) is 0 Å². The fraction of sp³-hybridized carbons (Fsp3) is 0.556. The van der Waals surface area contributed by atoms with E-state index >= 15 is 0 Å². The molecule has 78 valence electrons. The minimum absolute atomic E-state index is 0.0106. The molecule has 1 N–H and O–H groups in total. The number of rotatable bonds is 4. The number of aryl methyl sites for hydroxylation is 1. The number of ether oxygens (including phenoxy) is 1. The number of aromatic nitrogens is 2. The Bertz CT molecular complexity index is 333. The Balaban J connectivity index is 2.93. The lowest BCUT2D eigenvalue weighted by molar-refractivity contribution is 0.0693. The average Bonchev–Trinajstić information content (AvgIpc) is 2.48. The van der Waals surface area contributed by atoms with Gasteiger partial charge in [-0.05, 0) is 6.92 Å². The van der Waals surface area contributed by atoms with Gasteiger partial charge in [0, 0.05) is 20.6 Å². The Labute approximate surface area is 82.3 Å². The third-order valence-corrected chi connectivity index (χ3v) is 2.18. The van der Waals surface area contributed by atoms with Gasteiger partial charge in [-0.1, -0.05) is 0 Å². The second-order valence-electron chi connectivity index (χ2n) is 3.18. The molecule has 0 aromatic carbocycles. The molecule has 1 aromatic rings. The summed E-state index contributed by atoms with van der Waals surface area (Å²) < 4.78 is 6.65. The lowest BCUT2D eigenvalue weighted by Crippen LogP contribution is -2.14. The topological polar surface area (TPSA) is 64.3 Å². The molecule has 0 aliphatic carbocycles. The van der Waals surface area contributed by atoms with Crippen molar-refractivity contribution >= 4 is 5.97 Å². The zero-order valence-corrected chi connectivity index (χ0v) is 8.52. The molecule has 1 aromatic heterocycles.